The van der Waals surface area contributed by atoms with Crippen molar-refractivity contribution in [2.24, 2.45) is 52.5 Å². The summed E-state index contributed by atoms with van der Waals surface area (Å²) >= 11 is 0. The zero-order valence-electron chi connectivity index (χ0n) is 82.1. The highest BCUT2D eigenvalue weighted by molar-refractivity contribution is 7.47. The van der Waals surface area contributed by atoms with Gasteiger partial charge in [-0.25, -0.2) is 9.13 Å². The lowest BCUT2D eigenvalue weighted by Gasteiger charge is -2.52. The number of hydrogen-bond acceptors (Lipinski definition) is 26. The molecule has 0 aromatic heterocycles. The Bertz CT molecular complexity index is 4850. The van der Waals surface area contributed by atoms with Crippen molar-refractivity contribution in [3.05, 3.63) is 262 Å². The number of azide groups is 1. The van der Waals surface area contributed by atoms with E-state index in [1.165, 1.54) is 6.92 Å². The molecule has 4 N–H and O–H groups in total. The number of aliphatic hydroxyl groups is 1. The Morgan fingerprint density at radius 3 is 1.27 bits per heavy atom. The number of amides is 1. The minimum absolute atomic E-state index is 0.000103. The summed E-state index contributed by atoms with van der Waals surface area (Å²) in [6, 6.07) is 65.3. The van der Waals surface area contributed by atoms with Crippen LogP contribution >= 0.6 is 15.6 Å². The molecule has 139 heavy (non-hydrogen) atoms. The molecule has 7 aromatic rings. The van der Waals surface area contributed by atoms with Crippen molar-refractivity contribution < 1.29 is 127 Å². The van der Waals surface area contributed by atoms with Crippen molar-refractivity contribution in [1.82, 2.24) is 5.32 Å². The second kappa shape index (κ2) is 54.7. The van der Waals surface area contributed by atoms with Gasteiger partial charge in [-0.3, -0.25) is 22.9 Å². The molecule has 6 fully saturated rings. The summed E-state index contributed by atoms with van der Waals surface area (Å²) in [5.41, 5.74) is 17.0. The molecule has 1 aliphatic carbocycles. The molecule has 1 saturated carbocycles. The van der Waals surface area contributed by atoms with Crippen molar-refractivity contribution in [2.75, 3.05) is 39.6 Å². The first-order chi connectivity index (χ1) is 67.3. The fourth-order valence-corrected chi connectivity index (χ4v) is 21.2. The molecule has 762 valence electrons. The molecule has 15 unspecified atom stereocenters. The van der Waals surface area contributed by atoms with Gasteiger partial charge in [0.25, 0.3) is 0 Å². The van der Waals surface area contributed by atoms with Crippen LogP contribution in [0.5, 0.6) is 0 Å². The molecule has 5 aliphatic heterocycles. The first-order valence-corrected chi connectivity index (χ1v) is 52.6. The van der Waals surface area contributed by atoms with Gasteiger partial charge in [0.2, 0.25) is 5.91 Å². The minimum Gasteiger partial charge on any atom is -0.387 e. The molecule has 33 atom stereocenters. The highest BCUT2D eigenvalue weighted by atomic mass is 31.2. The van der Waals surface area contributed by atoms with E-state index in [4.69, 9.17) is 98.6 Å². The maximum atomic E-state index is 15.1. The average Bonchev–Trinajstić information content (AvgIpc) is 0.746. The Hall–Kier alpha value is -7.18. The number of ether oxygens (including phenoxy) is 17. The normalized spacial score (nSPS) is 33.0. The van der Waals surface area contributed by atoms with Gasteiger partial charge in [-0.05, 0) is 93.3 Å². The Labute approximate surface area is 819 Å². The highest BCUT2D eigenvalue weighted by Crippen LogP contribution is 2.52. The smallest absolute Gasteiger partial charge is 0.387 e. The number of rotatable bonds is 52. The Balaban J connectivity index is 0.872. The Morgan fingerprint density at radius 2 is 0.763 bits per heavy atom. The van der Waals surface area contributed by atoms with E-state index >= 15 is 4.57 Å². The van der Waals surface area contributed by atoms with Crippen LogP contribution < -0.4 is 5.32 Å². The lowest BCUT2D eigenvalue weighted by molar-refractivity contribution is -0.374. The molecule has 13 rings (SSSR count). The standard InChI is InChI=1S/C106H146N4O27P2/c1-13-16-17-18-40-56-126-139(115,116)137-101-96(75(11)95(120-60-80-47-32-22-33-48-80)99(122-62-82-51-36-24-37-52-82)100(101)123-63-83-53-38-25-39-54-83)135-103-90(109-110-107)73(9)93(87(131-103)65-118-58-78-43-28-20-29-44-78)134-104-91(112)74(10)94(133-102-89(108-76(12)111)72(8)92(119-59-79-45-30-21-31-46-79)86(130-102)64-117-57-77-41-26-19-27-42-77)88(132-104)66-124-105-98(71(7)68(4)84(15-3)128-105)136-106-97(121-61-81-49-34-23-35-50-81)70(6)69(5)85(129-106)67-127-138(113,114)125-55-14-2/h19-39,41-54,68-75,84-106,112H,13-18,40,55-67H2,1-12H3,(H,108,111)(H,113,114)(H,115,116)/t68-,69-,70-,71-,72+,73+,74+,75?,84?,85?,86?,87?,88?,89?,90?,91?,92+,93-,94-,95?,96+,97?,98?,99+,100?,101-,102-,103+,104+,105-,106+/m0/s1. The second-order valence-corrected chi connectivity index (χ2v) is 40.7. The molecule has 6 aliphatic rings. The molecule has 1 amide bonds. The van der Waals surface area contributed by atoms with Gasteiger partial charge in [0.15, 0.2) is 31.5 Å². The van der Waals surface area contributed by atoms with Crippen molar-refractivity contribution in [3.8, 4) is 0 Å². The van der Waals surface area contributed by atoms with Crippen molar-refractivity contribution in [2.45, 2.75) is 315 Å². The van der Waals surface area contributed by atoms with Crippen LogP contribution in [0.4, 0.5) is 0 Å². The molecule has 0 spiro atoms. The van der Waals surface area contributed by atoms with E-state index < -0.39 is 174 Å². The number of nitrogens with one attached hydrogen (secondary N) is 1. The maximum absolute atomic E-state index is 15.1. The molecule has 5 saturated heterocycles. The van der Waals surface area contributed by atoms with Crippen LogP contribution in [0.1, 0.15) is 167 Å². The van der Waals surface area contributed by atoms with Crippen LogP contribution in [0.25, 0.3) is 10.4 Å². The summed E-state index contributed by atoms with van der Waals surface area (Å²) in [4.78, 5) is 40.5. The zero-order chi connectivity index (χ0) is 98.4. The molecular weight excluding hydrogens is 1820 g/mol. The Morgan fingerprint density at radius 1 is 0.360 bits per heavy atom. The number of carbonyl (C=O) groups excluding carboxylic acids is 1. The fraction of sp³-hybridized carbons (Fsp3) is 0.594. The number of phosphoric ester groups is 2. The van der Waals surface area contributed by atoms with E-state index in [1.807, 2.05) is 261 Å². The molecule has 5 heterocycles. The molecule has 33 heteroatoms. The average molecular weight is 1970 g/mol. The van der Waals surface area contributed by atoms with Gasteiger partial charge in [-0.15, -0.1) is 0 Å². The van der Waals surface area contributed by atoms with Gasteiger partial charge in [0.1, 0.15) is 54.9 Å². The van der Waals surface area contributed by atoms with Gasteiger partial charge in [0, 0.05) is 29.6 Å². The summed E-state index contributed by atoms with van der Waals surface area (Å²) < 4.78 is 173. The van der Waals surface area contributed by atoms with Gasteiger partial charge < -0.3 is 101 Å². The lowest BCUT2D eigenvalue weighted by Crippen LogP contribution is -2.66. The van der Waals surface area contributed by atoms with Crippen LogP contribution in [0.2, 0.25) is 0 Å². The number of phosphoric acid groups is 2. The van der Waals surface area contributed by atoms with Gasteiger partial charge in [-0.1, -0.05) is 319 Å². The Kier molecular flexibility index (Phi) is 42.9. The van der Waals surface area contributed by atoms with E-state index in [0.717, 1.165) is 64.6 Å². The second-order valence-electron chi connectivity index (χ2n) is 37.8. The third-order valence-electron chi connectivity index (χ3n) is 27.8. The van der Waals surface area contributed by atoms with Gasteiger partial charge in [-0.2, -0.15) is 0 Å². The molecular formula is C106H146N4O27P2. The lowest BCUT2D eigenvalue weighted by atomic mass is 9.78. The van der Waals surface area contributed by atoms with Crippen molar-refractivity contribution >= 4 is 21.6 Å². The number of hydrogen-bond donors (Lipinski definition) is 4. The van der Waals surface area contributed by atoms with Crippen molar-refractivity contribution in [3.63, 3.8) is 0 Å². The molecule has 31 nitrogen and oxygen atoms in total. The van der Waals surface area contributed by atoms with Crippen LogP contribution in [0.15, 0.2) is 217 Å². The van der Waals surface area contributed by atoms with E-state index in [0.29, 0.717) is 19.3 Å². The number of unbranched alkanes of at least 4 members (excludes halogenated alkanes) is 4. The third kappa shape index (κ3) is 31.0. The number of benzene rings is 7. The van der Waals surface area contributed by atoms with Crippen LogP contribution in [-0.4, -0.2) is 202 Å². The summed E-state index contributed by atoms with van der Waals surface area (Å²) in [6.07, 6.45) is -18.5. The van der Waals surface area contributed by atoms with E-state index in [2.05, 4.69) is 36.1 Å². The van der Waals surface area contributed by atoms with Crippen LogP contribution in [-0.2, 0) is 159 Å². The van der Waals surface area contributed by atoms with E-state index in [1.54, 1.807) is 6.92 Å². The van der Waals surface area contributed by atoms with Gasteiger partial charge >= 0.3 is 15.6 Å². The number of aliphatic hydroxyl groups excluding tert-OH is 1. The molecule has 0 bridgehead atoms. The maximum Gasteiger partial charge on any atom is 0.472 e. The third-order valence-corrected chi connectivity index (χ3v) is 29.8. The molecule has 0 radical (unpaired) electrons. The quantitative estimate of drug-likeness (QED) is 0.00904. The molecule has 7 aromatic carbocycles. The summed E-state index contributed by atoms with van der Waals surface area (Å²) in [6.45, 7) is 22.9. The number of carbonyl (C=O) groups is 1. The van der Waals surface area contributed by atoms with Crippen molar-refractivity contribution in [1.29, 1.82) is 0 Å². The largest absolute Gasteiger partial charge is 0.472 e. The fourth-order valence-electron chi connectivity index (χ4n) is 19.4. The van der Waals surface area contributed by atoms with Crippen LogP contribution in [0.3, 0.4) is 0 Å². The monoisotopic (exact) mass is 1970 g/mol. The van der Waals surface area contributed by atoms with Gasteiger partial charge in [0.05, 0.1) is 141 Å². The summed E-state index contributed by atoms with van der Waals surface area (Å²) in [7, 11) is -9.59. The highest BCUT2D eigenvalue weighted by Gasteiger charge is 2.60. The topological polar surface area (TPSA) is 367 Å². The predicted molar refractivity (Wildman–Crippen MR) is 518 cm³/mol. The summed E-state index contributed by atoms with van der Waals surface area (Å²) in [5.74, 6) is -4.71. The first-order valence-electron chi connectivity index (χ1n) is 49.6. The zero-order valence-corrected chi connectivity index (χ0v) is 83.9. The predicted octanol–water partition coefficient (Wildman–Crippen LogP) is 18.6. The summed E-state index contributed by atoms with van der Waals surface area (Å²) in [5, 5.41) is 21.2. The number of nitrogens with zero attached hydrogens (tertiary/aromatic N) is 3. The minimum atomic E-state index is -5.07. The SMILES string of the molecule is CCCCCCCOP(=O)(O)O[C@@H]1C(OCc2ccccc2)[C@H](OCc2ccccc2)C(OCc2ccccc2)C(C)[C@H]1O[C@H]1OC(COCc2ccccc2)[C@@H](O[C@H]2OC(CO[C@H]3OC(CC)[C@@H](C)[C@H](C)C3O[C@H]3OC(COP(=O)(O)OCCC)[C@@H](C)[C@H](C)C3OCc3ccccc3)[C@@H](O[C@@H]3OC(COCc4ccccc4)[C@H](OCc4ccccc4)[C@H](C)C3NC(C)=O)[C@H](C)C2O)[C@H](C)C1N=[N+]=[N-]. The van der Waals surface area contributed by atoms with E-state index in [9.17, 15) is 29.8 Å². The van der Waals surface area contributed by atoms with Crippen LogP contribution in [0, 0.1) is 47.3 Å². The van der Waals surface area contributed by atoms with E-state index in [-0.39, 0.29) is 122 Å². The first kappa shape index (κ1) is 109.